The molecule has 0 amide bonds. The Balaban J connectivity index is 2.32. The van der Waals surface area contributed by atoms with Crippen LogP contribution in [0.25, 0.3) is 5.69 Å². The maximum absolute atomic E-state index is 12.5. The average Bonchev–Trinajstić information content (AvgIpc) is 2.80. The molecule has 0 aliphatic rings. The number of nitrogens with one attached hydrogen (secondary N) is 1. The van der Waals surface area contributed by atoms with Crippen LogP contribution in [0, 0.1) is 13.8 Å². The lowest BCUT2D eigenvalue weighted by Crippen LogP contribution is -2.26. The zero-order valence-corrected chi connectivity index (χ0v) is 14.9. The highest BCUT2D eigenvalue weighted by atomic mass is 35.5. The fourth-order valence-electron chi connectivity index (χ4n) is 2.35. The first-order valence-electron chi connectivity index (χ1n) is 7.17. The smallest absolute Gasteiger partial charge is 0.244 e. The molecular weight excluding hydrogens is 338 g/mol. The van der Waals surface area contributed by atoms with E-state index in [-0.39, 0.29) is 4.90 Å². The topological polar surface area (TPSA) is 73.2 Å². The molecule has 0 saturated heterocycles. The summed E-state index contributed by atoms with van der Waals surface area (Å²) in [7, 11) is -2.03. The Kier molecular flexibility index (Phi) is 5.80. The van der Waals surface area contributed by atoms with Gasteiger partial charge in [0.1, 0.15) is 4.90 Å². The lowest BCUT2D eigenvalue weighted by molar-refractivity contribution is 0.196. The van der Waals surface area contributed by atoms with Crippen molar-refractivity contribution >= 4 is 21.6 Å². The second-order valence-corrected chi connectivity index (χ2v) is 7.27. The van der Waals surface area contributed by atoms with Crippen molar-refractivity contribution in [3.8, 4) is 5.69 Å². The number of hydrogen-bond acceptors (Lipinski definition) is 4. The Morgan fingerprint density at radius 1 is 1.26 bits per heavy atom. The molecular formula is C15H20ClN3O3S. The summed E-state index contributed by atoms with van der Waals surface area (Å²) in [6, 6.07) is 7.07. The second kappa shape index (κ2) is 7.44. The van der Waals surface area contributed by atoms with Gasteiger partial charge in [-0.05, 0) is 44.5 Å². The molecule has 0 aliphatic heterocycles. The molecule has 6 nitrogen and oxygen atoms in total. The average molecular weight is 358 g/mol. The molecule has 0 saturated carbocycles. The van der Waals surface area contributed by atoms with E-state index >= 15 is 0 Å². The van der Waals surface area contributed by atoms with E-state index in [1.54, 1.807) is 49.9 Å². The molecule has 0 fully saturated rings. The molecule has 1 aromatic carbocycles. The van der Waals surface area contributed by atoms with Crippen LogP contribution in [-0.2, 0) is 14.8 Å². The monoisotopic (exact) mass is 357 g/mol. The van der Waals surface area contributed by atoms with Crippen LogP contribution in [0.4, 0.5) is 0 Å². The van der Waals surface area contributed by atoms with Gasteiger partial charge in [0.15, 0.2) is 0 Å². The highest BCUT2D eigenvalue weighted by Gasteiger charge is 2.24. The van der Waals surface area contributed by atoms with Crippen LogP contribution in [-0.4, -0.2) is 38.5 Å². The van der Waals surface area contributed by atoms with Gasteiger partial charge in [-0.25, -0.2) is 17.8 Å². The standard InChI is InChI=1S/C15H20ClN3O3S/c1-11-15(23(20,21)17-9-4-10-22-3)12(2)19(18-11)14-7-5-13(16)6-8-14/h5-8,17H,4,9-10H2,1-3H3. The maximum atomic E-state index is 12.5. The van der Waals surface area contributed by atoms with Gasteiger partial charge in [0.05, 0.1) is 17.1 Å². The molecule has 0 radical (unpaired) electrons. The van der Waals surface area contributed by atoms with Crippen molar-refractivity contribution in [3.63, 3.8) is 0 Å². The minimum Gasteiger partial charge on any atom is -0.385 e. The minimum absolute atomic E-state index is 0.213. The Hall–Kier alpha value is -1.41. The van der Waals surface area contributed by atoms with Crippen molar-refractivity contribution in [2.75, 3.05) is 20.3 Å². The van der Waals surface area contributed by atoms with Gasteiger partial charge in [-0.15, -0.1) is 0 Å². The van der Waals surface area contributed by atoms with Crippen LogP contribution in [0.15, 0.2) is 29.2 Å². The predicted octanol–water partition coefficient (Wildman–Crippen LogP) is 2.46. The highest BCUT2D eigenvalue weighted by molar-refractivity contribution is 7.89. The van der Waals surface area contributed by atoms with E-state index in [1.807, 2.05) is 0 Å². The molecule has 0 atom stereocenters. The van der Waals surface area contributed by atoms with Crippen LogP contribution in [0.3, 0.4) is 0 Å². The SMILES string of the molecule is COCCCNS(=O)(=O)c1c(C)nn(-c2ccc(Cl)cc2)c1C. The summed E-state index contributed by atoms with van der Waals surface area (Å²) < 4.78 is 34.1. The number of halogens is 1. The third kappa shape index (κ3) is 4.11. The number of hydrogen-bond donors (Lipinski definition) is 1. The van der Waals surface area contributed by atoms with Crippen LogP contribution < -0.4 is 4.72 Å². The van der Waals surface area contributed by atoms with Gasteiger partial charge < -0.3 is 4.74 Å². The second-order valence-electron chi connectivity index (χ2n) is 5.13. The highest BCUT2D eigenvalue weighted by Crippen LogP contribution is 2.23. The molecule has 126 valence electrons. The zero-order chi connectivity index (χ0) is 17.0. The molecule has 0 unspecified atom stereocenters. The van der Waals surface area contributed by atoms with Crippen LogP contribution >= 0.6 is 11.6 Å². The van der Waals surface area contributed by atoms with Crippen molar-refractivity contribution in [1.29, 1.82) is 0 Å². The number of aryl methyl sites for hydroxylation is 1. The summed E-state index contributed by atoms with van der Waals surface area (Å²) in [5.41, 5.74) is 1.77. The van der Waals surface area contributed by atoms with Gasteiger partial charge in [-0.3, -0.25) is 0 Å². The zero-order valence-electron chi connectivity index (χ0n) is 13.3. The van der Waals surface area contributed by atoms with Crippen molar-refractivity contribution in [3.05, 3.63) is 40.7 Å². The first-order valence-corrected chi connectivity index (χ1v) is 9.03. The Bertz CT molecular complexity index is 770. The number of sulfonamides is 1. The molecule has 0 bridgehead atoms. The quantitative estimate of drug-likeness (QED) is 0.772. The number of ether oxygens (including phenoxy) is 1. The number of benzene rings is 1. The van der Waals surface area contributed by atoms with E-state index < -0.39 is 10.0 Å². The summed E-state index contributed by atoms with van der Waals surface area (Å²) in [5.74, 6) is 0. The van der Waals surface area contributed by atoms with Gasteiger partial charge in [-0.2, -0.15) is 5.10 Å². The van der Waals surface area contributed by atoms with Crippen molar-refractivity contribution in [2.24, 2.45) is 0 Å². The summed E-state index contributed by atoms with van der Waals surface area (Å²) in [6.07, 6.45) is 0.610. The van der Waals surface area contributed by atoms with E-state index in [4.69, 9.17) is 16.3 Å². The number of rotatable bonds is 7. The Morgan fingerprint density at radius 3 is 2.52 bits per heavy atom. The van der Waals surface area contributed by atoms with Gasteiger partial charge in [0.2, 0.25) is 10.0 Å². The molecule has 2 aromatic rings. The van der Waals surface area contributed by atoms with Crippen LogP contribution in [0.2, 0.25) is 5.02 Å². The van der Waals surface area contributed by atoms with E-state index in [9.17, 15) is 8.42 Å². The molecule has 0 spiro atoms. The first-order chi connectivity index (χ1) is 10.9. The first kappa shape index (κ1) is 17.9. The normalized spacial score (nSPS) is 11.8. The van der Waals surface area contributed by atoms with Crippen molar-refractivity contribution in [2.45, 2.75) is 25.2 Å². The van der Waals surface area contributed by atoms with E-state index in [1.165, 1.54) is 0 Å². The lowest BCUT2D eigenvalue weighted by atomic mass is 10.3. The fourth-order valence-corrected chi connectivity index (χ4v) is 3.93. The third-order valence-corrected chi connectivity index (χ3v) is 5.35. The van der Waals surface area contributed by atoms with Gasteiger partial charge in [0, 0.05) is 25.3 Å². The number of aromatic nitrogens is 2. The summed E-state index contributed by atoms with van der Waals surface area (Å²) >= 11 is 5.89. The minimum atomic E-state index is -3.61. The molecule has 1 N–H and O–H groups in total. The molecule has 8 heteroatoms. The predicted molar refractivity (Wildman–Crippen MR) is 89.7 cm³/mol. The summed E-state index contributed by atoms with van der Waals surface area (Å²) in [5, 5.41) is 4.96. The summed E-state index contributed by atoms with van der Waals surface area (Å²) in [4.78, 5) is 0.213. The van der Waals surface area contributed by atoms with E-state index in [0.717, 1.165) is 5.69 Å². The Labute approximate surface area is 141 Å². The van der Waals surface area contributed by atoms with E-state index in [0.29, 0.717) is 36.0 Å². The maximum Gasteiger partial charge on any atom is 0.244 e. The molecule has 23 heavy (non-hydrogen) atoms. The van der Waals surface area contributed by atoms with Crippen molar-refractivity contribution in [1.82, 2.24) is 14.5 Å². The van der Waals surface area contributed by atoms with Crippen molar-refractivity contribution < 1.29 is 13.2 Å². The fraction of sp³-hybridized carbons (Fsp3) is 0.400. The van der Waals surface area contributed by atoms with Crippen LogP contribution in [0.1, 0.15) is 17.8 Å². The molecule has 1 heterocycles. The van der Waals surface area contributed by atoms with Gasteiger partial charge in [-0.1, -0.05) is 11.6 Å². The van der Waals surface area contributed by atoms with E-state index in [2.05, 4.69) is 9.82 Å². The molecule has 2 rings (SSSR count). The van der Waals surface area contributed by atoms with Gasteiger partial charge >= 0.3 is 0 Å². The van der Waals surface area contributed by atoms with Crippen LogP contribution in [0.5, 0.6) is 0 Å². The number of methoxy groups -OCH3 is 1. The summed E-state index contributed by atoms with van der Waals surface area (Å²) in [6.45, 7) is 4.24. The van der Waals surface area contributed by atoms with Gasteiger partial charge in [0.25, 0.3) is 0 Å². The Morgan fingerprint density at radius 2 is 1.91 bits per heavy atom. The third-order valence-electron chi connectivity index (χ3n) is 3.38. The molecule has 1 aromatic heterocycles. The molecule has 0 aliphatic carbocycles. The largest absolute Gasteiger partial charge is 0.385 e. The lowest BCUT2D eigenvalue weighted by Gasteiger charge is -2.08. The number of nitrogens with zero attached hydrogens (tertiary/aromatic N) is 2.